The molecule has 2 aliphatic rings. The van der Waals surface area contributed by atoms with Crippen LogP contribution in [0.2, 0.25) is 0 Å². The van der Waals surface area contributed by atoms with E-state index in [1.807, 2.05) is 0 Å². The van der Waals surface area contributed by atoms with Gasteiger partial charge in [-0.3, -0.25) is 4.90 Å². The van der Waals surface area contributed by atoms with Gasteiger partial charge in [0.25, 0.3) is 0 Å². The van der Waals surface area contributed by atoms with Crippen LogP contribution in [0.15, 0.2) is 0 Å². The molecular weight excluding hydrogens is 184 g/mol. The molecule has 1 N–H and O–H groups in total. The first-order valence-electron chi connectivity index (χ1n) is 6.74. The van der Waals surface area contributed by atoms with E-state index in [0.29, 0.717) is 0 Å². The number of piperidine rings is 1. The van der Waals surface area contributed by atoms with Crippen LogP contribution < -0.4 is 5.32 Å². The highest BCUT2D eigenvalue weighted by atomic mass is 15.2. The Labute approximate surface area is 94.4 Å². The van der Waals surface area contributed by atoms with Crippen molar-refractivity contribution in [1.82, 2.24) is 10.2 Å². The average molecular weight is 210 g/mol. The lowest BCUT2D eigenvalue weighted by molar-refractivity contribution is 0.0762. The van der Waals surface area contributed by atoms with Crippen LogP contribution in [0.5, 0.6) is 0 Å². The van der Waals surface area contributed by atoms with Crippen molar-refractivity contribution in [2.75, 3.05) is 13.6 Å². The van der Waals surface area contributed by atoms with Crippen LogP contribution >= 0.6 is 0 Å². The van der Waals surface area contributed by atoms with Crippen molar-refractivity contribution >= 4 is 0 Å². The molecule has 0 amide bonds. The molecule has 1 saturated carbocycles. The molecular formula is C13H26N2. The molecule has 2 rings (SSSR count). The molecule has 1 saturated heterocycles. The van der Waals surface area contributed by atoms with Crippen molar-refractivity contribution in [3.63, 3.8) is 0 Å². The fourth-order valence-electron chi connectivity index (χ4n) is 3.36. The average Bonchev–Trinajstić information content (AvgIpc) is 2.30. The van der Waals surface area contributed by atoms with Gasteiger partial charge < -0.3 is 5.32 Å². The Bertz CT molecular complexity index is 185. The molecule has 1 aliphatic heterocycles. The summed E-state index contributed by atoms with van der Waals surface area (Å²) in [6, 6.07) is 2.53. The summed E-state index contributed by atoms with van der Waals surface area (Å²) in [6.45, 7) is 3.78. The van der Waals surface area contributed by atoms with E-state index in [2.05, 4.69) is 24.2 Å². The highest BCUT2D eigenvalue weighted by Crippen LogP contribution is 2.28. The molecule has 0 aromatic rings. The molecule has 0 radical (unpaired) electrons. The third-order valence-corrected chi connectivity index (χ3v) is 4.43. The molecule has 88 valence electrons. The number of nitrogens with one attached hydrogen (secondary N) is 1. The topological polar surface area (TPSA) is 15.3 Å². The Morgan fingerprint density at radius 1 is 1.00 bits per heavy atom. The van der Waals surface area contributed by atoms with Crippen LogP contribution in [-0.4, -0.2) is 36.6 Å². The van der Waals surface area contributed by atoms with E-state index in [-0.39, 0.29) is 0 Å². The largest absolute Gasteiger partial charge is 0.317 e. The fourth-order valence-corrected chi connectivity index (χ4v) is 3.36. The van der Waals surface area contributed by atoms with Crippen molar-refractivity contribution in [2.45, 2.75) is 70.0 Å². The van der Waals surface area contributed by atoms with Gasteiger partial charge in [-0.2, -0.15) is 0 Å². The van der Waals surface area contributed by atoms with E-state index in [1.54, 1.807) is 0 Å². The van der Waals surface area contributed by atoms with Gasteiger partial charge in [0.2, 0.25) is 0 Å². The third-order valence-electron chi connectivity index (χ3n) is 4.43. The number of hydrogen-bond donors (Lipinski definition) is 1. The van der Waals surface area contributed by atoms with Gasteiger partial charge in [0.15, 0.2) is 0 Å². The van der Waals surface area contributed by atoms with Gasteiger partial charge in [0.1, 0.15) is 0 Å². The Morgan fingerprint density at radius 3 is 2.33 bits per heavy atom. The van der Waals surface area contributed by atoms with Gasteiger partial charge in [-0.15, -0.1) is 0 Å². The summed E-state index contributed by atoms with van der Waals surface area (Å²) >= 11 is 0. The van der Waals surface area contributed by atoms with Crippen LogP contribution in [0.25, 0.3) is 0 Å². The molecule has 0 aromatic carbocycles. The zero-order valence-corrected chi connectivity index (χ0v) is 10.3. The highest BCUT2D eigenvalue weighted by Gasteiger charge is 2.29. The van der Waals surface area contributed by atoms with Crippen molar-refractivity contribution in [1.29, 1.82) is 0 Å². The monoisotopic (exact) mass is 210 g/mol. The normalized spacial score (nSPS) is 39.2. The minimum Gasteiger partial charge on any atom is -0.317 e. The highest BCUT2D eigenvalue weighted by molar-refractivity contribution is 4.86. The van der Waals surface area contributed by atoms with Gasteiger partial charge in [0.05, 0.1) is 0 Å². The Kier molecular flexibility index (Phi) is 4.04. The summed E-state index contributed by atoms with van der Waals surface area (Å²) in [5.74, 6) is 0. The molecule has 1 aliphatic carbocycles. The molecule has 2 nitrogen and oxygen atoms in total. The van der Waals surface area contributed by atoms with Crippen LogP contribution in [-0.2, 0) is 0 Å². The fraction of sp³-hybridized carbons (Fsp3) is 1.00. The second-order valence-electron chi connectivity index (χ2n) is 5.38. The van der Waals surface area contributed by atoms with E-state index in [4.69, 9.17) is 0 Å². The van der Waals surface area contributed by atoms with Crippen molar-refractivity contribution in [3.8, 4) is 0 Å². The quantitative estimate of drug-likeness (QED) is 0.753. The van der Waals surface area contributed by atoms with Gasteiger partial charge in [0, 0.05) is 18.1 Å². The summed E-state index contributed by atoms with van der Waals surface area (Å²) in [5.41, 5.74) is 0. The Morgan fingerprint density at radius 2 is 1.73 bits per heavy atom. The predicted molar refractivity (Wildman–Crippen MR) is 65.1 cm³/mol. The standard InChI is InChI=1S/C13H26N2/c1-11-5-3-4-10-15(11)13-8-6-12(14-2)7-9-13/h11-14H,3-10H2,1-2H3. The molecule has 2 heteroatoms. The smallest absolute Gasteiger partial charge is 0.00992 e. The minimum absolute atomic E-state index is 0.793. The summed E-state index contributed by atoms with van der Waals surface area (Å²) in [7, 11) is 2.11. The molecule has 0 bridgehead atoms. The van der Waals surface area contributed by atoms with E-state index < -0.39 is 0 Å². The predicted octanol–water partition coefficient (Wildman–Crippen LogP) is 2.39. The second-order valence-corrected chi connectivity index (χ2v) is 5.38. The van der Waals surface area contributed by atoms with Crippen LogP contribution in [0.4, 0.5) is 0 Å². The molecule has 0 aromatic heterocycles. The molecule has 1 unspecified atom stereocenters. The molecule has 2 fully saturated rings. The van der Waals surface area contributed by atoms with E-state index in [1.165, 1.54) is 51.5 Å². The Balaban J connectivity index is 1.83. The first-order valence-corrected chi connectivity index (χ1v) is 6.74. The molecule has 1 atom stereocenters. The van der Waals surface area contributed by atoms with Crippen LogP contribution in [0, 0.1) is 0 Å². The van der Waals surface area contributed by atoms with E-state index in [0.717, 1.165) is 18.1 Å². The van der Waals surface area contributed by atoms with Gasteiger partial charge in [-0.25, -0.2) is 0 Å². The van der Waals surface area contributed by atoms with E-state index in [9.17, 15) is 0 Å². The summed E-state index contributed by atoms with van der Waals surface area (Å²) < 4.78 is 0. The maximum atomic E-state index is 3.42. The number of nitrogens with zero attached hydrogens (tertiary/aromatic N) is 1. The van der Waals surface area contributed by atoms with Gasteiger partial charge in [-0.05, 0) is 59.0 Å². The van der Waals surface area contributed by atoms with Crippen molar-refractivity contribution in [3.05, 3.63) is 0 Å². The van der Waals surface area contributed by atoms with Crippen molar-refractivity contribution < 1.29 is 0 Å². The van der Waals surface area contributed by atoms with Gasteiger partial charge in [-0.1, -0.05) is 6.42 Å². The number of likely N-dealkylation sites (tertiary alicyclic amines) is 1. The number of hydrogen-bond acceptors (Lipinski definition) is 2. The molecule has 0 spiro atoms. The summed E-state index contributed by atoms with van der Waals surface area (Å²) in [6.07, 6.45) is 9.88. The van der Waals surface area contributed by atoms with Crippen molar-refractivity contribution in [2.24, 2.45) is 0 Å². The molecule has 1 heterocycles. The molecule has 15 heavy (non-hydrogen) atoms. The van der Waals surface area contributed by atoms with E-state index >= 15 is 0 Å². The van der Waals surface area contributed by atoms with Crippen LogP contribution in [0.3, 0.4) is 0 Å². The zero-order chi connectivity index (χ0) is 10.7. The third kappa shape index (κ3) is 2.73. The maximum absolute atomic E-state index is 3.42. The van der Waals surface area contributed by atoms with Gasteiger partial charge >= 0.3 is 0 Å². The first-order chi connectivity index (χ1) is 7.31. The lowest BCUT2D eigenvalue weighted by Gasteiger charge is -2.42. The lowest BCUT2D eigenvalue weighted by atomic mass is 9.88. The second kappa shape index (κ2) is 5.31. The lowest BCUT2D eigenvalue weighted by Crippen LogP contribution is -2.47. The number of rotatable bonds is 2. The minimum atomic E-state index is 0.793. The summed E-state index contributed by atoms with van der Waals surface area (Å²) in [5, 5.41) is 3.42. The Hall–Kier alpha value is -0.0800. The first kappa shape index (κ1) is 11.4. The maximum Gasteiger partial charge on any atom is 0.00992 e. The zero-order valence-electron chi connectivity index (χ0n) is 10.3. The SMILES string of the molecule is CNC1CCC(N2CCCCC2C)CC1. The summed E-state index contributed by atoms with van der Waals surface area (Å²) in [4.78, 5) is 2.79. The van der Waals surface area contributed by atoms with Crippen LogP contribution in [0.1, 0.15) is 51.9 Å².